The van der Waals surface area contributed by atoms with Crippen molar-refractivity contribution in [2.75, 3.05) is 13.1 Å². The van der Waals surface area contributed by atoms with E-state index >= 15 is 0 Å². The van der Waals surface area contributed by atoms with Crippen molar-refractivity contribution >= 4 is 45.9 Å². The zero-order valence-corrected chi connectivity index (χ0v) is 22.2. The second-order valence-corrected chi connectivity index (χ2v) is 10.0. The maximum atomic E-state index is 13.6. The summed E-state index contributed by atoms with van der Waals surface area (Å²) in [7, 11) is 0. The molecule has 1 aromatic heterocycles. The van der Waals surface area contributed by atoms with E-state index < -0.39 is 0 Å². The van der Waals surface area contributed by atoms with E-state index in [-0.39, 0.29) is 35.2 Å². The Hall–Kier alpha value is -3.35. The van der Waals surface area contributed by atoms with Crippen molar-refractivity contribution in [1.82, 2.24) is 14.8 Å². The van der Waals surface area contributed by atoms with E-state index in [0.29, 0.717) is 30.1 Å². The van der Waals surface area contributed by atoms with Gasteiger partial charge in [0.05, 0.1) is 10.0 Å². The van der Waals surface area contributed by atoms with Crippen LogP contribution in [0.4, 0.5) is 4.39 Å². The molecule has 1 N–H and O–H groups in total. The zero-order chi connectivity index (χ0) is 26.5. The monoisotopic (exact) mass is 539 g/mol. The lowest BCUT2D eigenvalue weighted by atomic mass is 10.1. The number of para-hydroxylation sites is 1. The Morgan fingerprint density at radius 2 is 1.70 bits per heavy atom. The third-order valence-electron chi connectivity index (χ3n) is 6.32. The number of benzene rings is 3. The van der Waals surface area contributed by atoms with Crippen LogP contribution in [0, 0.1) is 5.82 Å². The van der Waals surface area contributed by atoms with Gasteiger partial charge in [-0.25, -0.2) is 4.39 Å². The molecule has 1 heterocycles. The molecular weight excluding hydrogens is 512 g/mol. The Morgan fingerprint density at radius 3 is 2.41 bits per heavy atom. The first-order valence-corrected chi connectivity index (χ1v) is 12.8. The lowest BCUT2D eigenvalue weighted by molar-refractivity contribution is -0.132. The molecule has 37 heavy (non-hydrogen) atoms. The smallest absolute Gasteiger partial charge is 0.254 e. The van der Waals surface area contributed by atoms with Crippen molar-refractivity contribution in [2.24, 2.45) is 0 Å². The number of aromatic amines is 1. The Bertz CT molecular complexity index is 1400. The summed E-state index contributed by atoms with van der Waals surface area (Å²) in [5, 5.41) is 1.74. The number of aromatic nitrogens is 1. The minimum Gasteiger partial charge on any atom is -0.361 e. The molecule has 4 rings (SSSR count). The average Bonchev–Trinajstić information content (AvgIpc) is 3.30. The summed E-state index contributed by atoms with van der Waals surface area (Å²) >= 11 is 12.1. The molecule has 0 aliphatic carbocycles. The van der Waals surface area contributed by atoms with Crippen LogP contribution in [0.25, 0.3) is 10.9 Å². The Balaban J connectivity index is 1.55. The topological polar surface area (TPSA) is 56.4 Å². The standard InChI is InChI=1S/C29H28Cl2FN3O2/c1-19(2)35(29(37)21-9-12-25(30)26(31)15-21)18-28(36)34(17-20-7-10-23(32)11-8-20)14-13-22-16-33-27-6-4-3-5-24(22)27/h3-12,15-16,19,33H,13-14,17-18H2,1-2H3. The van der Waals surface area contributed by atoms with Crippen LogP contribution in [-0.4, -0.2) is 45.7 Å². The van der Waals surface area contributed by atoms with Crippen molar-refractivity contribution in [3.63, 3.8) is 0 Å². The van der Waals surface area contributed by atoms with Crippen LogP contribution in [0.15, 0.2) is 72.9 Å². The number of carbonyl (C=O) groups excluding carboxylic acids is 2. The van der Waals surface area contributed by atoms with Crippen LogP contribution >= 0.6 is 23.2 Å². The van der Waals surface area contributed by atoms with E-state index in [1.165, 1.54) is 23.1 Å². The van der Waals surface area contributed by atoms with Gasteiger partial charge in [-0.3, -0.25) is 9.59 Å². The fourth-order valence-electron chi connectivity index (χ4n) is 4.23. The molecule has 0 saturated heterocycles. The summed E-state index contributed by atoms with van der Waals surface area (Å²) in [6.45, 7) is 4.35. The molecule has 4 aromatic rings. The quantitative estimate of drug-likeness (QED) is 0.256. The van der Waals surface area contributed by atoms with Gasteiger partial charge < -0.3 is 14.8 Å². The van der Waals surface area contributed by atoms with Crippen molar-refractivity contribution in [2.45, 2.75) is 32.9 Å². The van der Waals surface area contributed by atoms with Gasteiger partial charge in [0.25, 0.3) is 5.91 Å². The van der Waals surface area contributed by atoms with Gasteiger partial charge in [0.2, 0.25) is 5.91 Å². The maximum Gasteiger partial charge on any atom is 0.254 e. The van der Waals surface area contributed by atoms with Gasteiger partial charge in [0, 0.05) is 41.8 Å². The summed E-state index contributed by atoms with van der Waals surface area (Å²) in [6.07, 6.45) is 2.58. The van der Waals surface area contributed by atoms with E-state index in [2.05, 4.69) is 4.98 Å². The Morgan fingerprint density at radius 1 is 0.973 bits per heavy atom. The number of nitrogens with zero attached hydrogens (tertiary/aromatic N) is 2. The molecule has 2 amide bonds. The Kier molecular flexibility index (Phi) is 8.52. The third kappa shape index (κ3) is 6.51. The van der Waals surface area contributed by atoms with Gasteiger partial charge in [0.1, 0.15) is 12.4 Å². The normalized spacial score (nSPS) is 11.2. The van der Waals surface area contributed by atoms with Crippen LogP contribution in [0.1, 0.15) is 35.3 Å². The van der Waals surface area contributed by atoms with Crippen LogP contribution in [0.3, 0.4) is 0 Å². The van der Waals surface area contributed by atoms with Crippen LogP contribution in [-0.2, 0) is 17.8 Å². The maximum absolute atomic E-state index is 13.6. The van der Waals surface area contributed by atoms with Gasteiger partial charge in [-0.05, 0) is 67.8 Å². The van der Waals surface area contributed by atoms with Gasteiger partial charge >= 0.3 is 0 Å². The predicted molar refractivity (Wildman–Crippen MR) is 146 cm³/mol. The van der Waals surface area contributed by atoms with Crippen LogP contribution in [0.5, 0.6) is 0 Å². The first-order chi connectivity index (χ1) is 17.7. The van der Waals surface area contributed by atoms with Gasteiger partial charge in [0.15, 0.2) is 0 Å². The first-order valence-electron chi connectivity index (χ1n) is 12.1. The molecule has 0 saturated carbocycles. The minimum atomic E-state index is -0.335. The molecule has 0 aliphatic heterocycles. The highest BCUT2D eigenvalue weighted by molar-refractivity contribution is 6.42. The lowest BCUT2D eigenvalue weighted by Crippen LogP contribution is -2.46. The first kappa shape index (κ1) is 26.7. The average molecular weight is 540 g/mol. The molecule has 0 radical (unpaired) electrons. The van der Waals surface area contributed by atoms with E-state index in [1.54, 1.807) is 29.2 Å². The molecule has 0 spiro atoms. The summed E-state index contributed by atoms with van der Waals surface area (Å²) in [5.74, 6) is -0.842. The highest BCUT2D eigenvalue weighted by atomic mass is 35.5. The number of fused-ring (bicyclic) bond motifs is 1. The molecular formula is C29H28Cl2FN3O2. The number of carbonyl (C=O) groups is 2. The van der Waals surface area contributed by atoms with E-state index in [4.69, 9.17) is 23.2 Å². The van der Waals surface area contributed by atoms with E-state index in [9.17, 15) is 14.0 Å². The van der Waals surface area contributed by atoms with Gasteiger partial charge in [-0.1, -0.05) is 53.5 Å². The summed E-state index contributed by atoms with van der Waals surface area (Å²) in [5.41, 5.74) is 3.30. The molecule has 0 unspecified atom stereocenters. The SMILES string of the molecule is CC(C)N(CC(=O)N(CCc1c[nH]c2ccccc12)Cc1ccc(F)cc1)C(=O)c1ccc(Cl)c(Cl)c1. The molecule has 3 aromatic carbocycles. The predicted octanol–water partition coefficient (Wildman–Crippen LogP) is 6.74. The second-order valence-electron chi connectivity index (χ2n) is 9.21. The van der Waals surface area contributed by atoms with Crippen molar-refractivity contribution < 1.29 is 14.0 Å². The molecule has 0 bridgehead atoms. The van der Waals surface area contributed by atoms with Crippen molar-refractivity contribution in [3.05, 3.63) is 105 Å². The highest BCUT2D eigenvalue weighted by Crippen LogP contribution is 2.24. The number of hydrogen-bond donors (Lipinski definition) is 1. The highest BCUT2D eigenvalue weighted by Gasteiger charge is 2.25. The summed E-state index contributed by atoms with van der Waals surface area (Å²) < 4.78 is 13.5. The molecule has 5 nitrogen and oxygen atoms in total. The molecule has 192 valence electrons. The lowest BCUT2D eigenvalue weighted by Gasteiger charge is -2.30. The third-order valence-corrected chi connectivity index (χ3v) is 7.06. The fraction of sp³-hybridized carbons (Fsp3) is 0.241. The van der Waals surface area contributed by atoms with Crippen molar-refractivity contribution in [1.29, 1.82) is 0 Å². The molecule has 0 fully saturated rings. The number of H-pyrrole nitrogens is 1. The van der Waals surface area contributed by atoms with Gasteiger partial charge in [-0.15, -0.1) is 0 Å². The van der Waals surface area contributed by atoms with Gasteiger partial charge in [-0.2, -0.15) is 0 Å². The number of nitrogens with one attached hydrogen (secondary N) is 1. The fourth-order valence-corrected chi connectivity index (χ4v) is 4.52. The van der Waals surface area contributed by atoms with E-state index in [0.717, 1.165) is 22.0 Å². The largest absolute Gasteiger partial charge is 0.361 e. The number of halogens is 3. The molecule has 0 aliphatic rings. The minimum absolute atomic E-state index is 0.105. The number of hydrogen-bond acceptors (Lipinski definition) is 2. The number of amides is 2. The van der Waals surface area contributed by atoms with Crippen molar-refractivity contribution in [3.8, 4) is 0 Å². The van der Waals surface area contributed by atoms with Crippen LogP contribution < -0.4 is 0 Å². The number of rotatable bonds is 9. The van der Waals surface area contributed by atoms with Crippen LogP contribution in [0.2, 0.25) is 10.0 Å². The summed E-state index contributed by atoms with van der Waals surface area (Å²) in [6, 6.07) is 18.6. The zero-order valence-electron chi connectivity index (χ0n) is 20.7. The molecule has 8 heteroatoms. The second kappa shape index (κ2) is 11.8. The molecule has 0 atom stereocenters. The summed E-state index contributed by atoms with van der Waals surface area (Å²) in [4.78, 5) is 33.4. The Labute approximate surface area is 225 Å². The van der Waals surface area contributed by atoms with E-state index in [1.807, 2.05) is 44.3 Å².